The van der Waals surface area contributed by atoms with Gasteiger partial charge in [0.15, 0.2) is 46.5 Å². The van der Waals surface area contributed by atoms with Crippen LogP contribution in [0.25, 0.3) is 22.3 Å². The topological polar surface area (TPSA) is 20.2 Å². The molecule has 152 valence electrons. The molecule has 0 amide bonds. The highest BCUT2D eigenvalue weighted by atomic mass is 19.2. The van der Waals surface area contributed by atoms with Crippen molar-refractivity contribution in [2.75, 3.05) is 0 Å². The minimum atomic E-state index is -2.50. The molecular weight excluding hydrogens is 422 g/mol. The Kier molecular flexibility index (Phi) is 4.93. The molecule has 0 spiro atoms. The Morgan fingerprint density at radius 2 is 0.655 bits per heavy atom. The van der Waals surface area contributed by atoms with E-state index in [0.717, 1.165) is 6.07 Å². The third-order valence-corrected chi connectivity index (χ3v) is 3.99. The Labute approximate surface area is 154 Å². The van der Waals surface area contributed by atoms with Crippen LogP contribution in [0.2, 0.25) is 0 Å². The first-order valence-electron chi connectivity index (χ1n) is 7.36. The van der Waals surface area contributed by atoms with Gasteiger partial charge in [0.05, 0.1) is 11.1 Å². The van der Waals surface area contributed by atoms with E-state index < -0.39 is 86.2 Å². The van der Waals surface area contributed by atoms with Crippen molar-refractivity contribution in [3.63, 3.8) is 0 Å². The molecule has 1 nitrogen and oxygen atoms in total. The summed E-state index contributed by atoms with van der Waals surface area (Å²) >= 11 is 0. The first kappa shape index (κ1) is 20.5. The van der Waals surface area contributed by atoms with Gasteiger partial charge in [-0.05, 0) is 0 Å². The fourth-order valence-electron chi connectivity index (χ4n) is 2.63. The molecule has 3 rings (SSSR count). The van der Waals surface area contributed by atoms with E-state index in [9.17, 15) is 49.0 Å². The summed E-state index contributed by atoms with van der Waals surface area (Å²) in [6.07, 6.45) is 0. The summed E-state index contributed by atoms with van der Waals surface area (Å²) in [7, 11) is 0. The standard InChI is InChI=1S/C18H4F10O/c19-8-6(9(20)13(24)16(27)12(8)23)4-2-1-3-5(18(4)29)7-10(21)14(25)17(28)15(26)11(7)22/h1-3,29H. The maximum atomic E-state index is 14.0. The van der Waals surface area contributed by atoms with E-state index in [0.29, 0.717) is 12.1 Å². The summed E-state index contributed by atoms with van der Waals surface area (Å²) in [4.78, 5) is 0. The van der Waals surface area contributed by atoms with Crippen LogP contribution >= 0.6 is 0 Å². The van der Waals surface area contributed by atoms with Crippen molar-refractivity contribution < 1.29 is 49.0 Å². The number of halogens is 10. The summed E-state index contributed by atoms with van der Waals surface area (Å²) in [5, 5.41) is 10.2. The predicted octanol–water partition coefficient (Wildman–Crippen LogP) is 6.12. The van der Waals surface area contributed by atoms with Gasteiger partial charge < -0.3 is 5.11 Å². The molecule has 0 saturated carbocycles. The normalized spacial score (nSPS) is 11.2. The van der Waals surface area contributed by atoms with Crippen LogP contribution in [0.1, 0.15) is 0 Å². The second-order valence-corrected chi connectivity index (χ2v) is 5.59. The van der Waals surface area contributed by atoms with Crippen molar-refractivity contribution in [2.24, 2.45) is 0 Å². The molecule has 3 aromatic rings. The van der Waals surface area contributed by atoms with Crippen molar-refractivity contribution in [3.8, 4) is 28.0 Å². The molecule has 0 radical (unpaired) electrons. The number of benzene rings is 3. The zero-order valence-electron chi connectivity index (χ0n) is 13.5. The van der Waals surface area contributed by atoms with Crippen molar-refractivity contribution in [3.05, 3.63) is 76.4 Å². The molecule has 1 N–H and O–H groups in total. The van der Waals surface area contributed by atoms with Crippen LogP contribution in [0.3, 0.4) is 0 Å². The molecule has 0 saturated heterocycles. The Hall–Kier alpha value is -3.24. The van der Waals surface area contributed by atoms with Crippen molar-refractivity contribution in [1.29, 1.82) is 0 Å². The Morgan fingerprint density at radius 3 is 0.931 bits per heavy atom. The van der Waals surface area contributed by atoms with Gasteiger partial charge in [-0.25, -0.2) is 43.9 Å². The summed E-state index contributed by atoms with van der Waals surface area (Å²) in [5.41, 5.74) is -5.60. The molecule has 29 heavy (non-hydrogen) atoms. The molecule has 0 atom stereocenters. The van der Waals surface area contributed by atoms with Gasteiger partial charge >= 0.3 is 0 Å². The molecule has 11 heteroatoms. The van der Waals surface area contributed by atoms with E-state index in [2.05, 4.69) is 0 Å². The number of hydrogen-bond acceptors (Lipinski definition) is 1. The molecule has 0 aliphatic heterocycles. The van der Waals surface area contributed by atoms with Crippen LogP contribution < -0.4 is 0 Å². The number of phenolic OH excluding ortho intramolecular Hbond substituents is 1. The molecule has 0 unspecified atom stereocenters. The Balaban J connectivity index is 2.40. The average Bonchev–Trinajstić information content (AvgIpc) is 2.70. The van der Waals surface area contributed by atoms with Gasteiger partial charge in [0.2, 0.25) is 11.6 Å². The molecular formula is C18H4F10O. The van der Waals surface area contributed by atoms with E-state index in [1.165, 1.54) is 0 Å². The molecule has 0 aliphatic carbocycles. The summed E-state index contributed by atoms with van der Waals surface area (Å²) in [6.45, 7) is 0. The summed E-state index contributed by atoms with van der Waals surface area (Å²) in [6, 6.07) is 1.97. The number of para-hydroxylation sites is 1. The molecule has 0 fully saturated rings. The van der Waals surface area contributed by atoms with Crippen LogP contribution in [-0.4, -0.2) is 5.11 Å². The largest absolute Gasteiger partial charge is 0.507 e. The van der Waals surface area contributed by atoms with E-state index in [4.69, 9.17) is 0 Å². The molecule has 0 bridgehead atoms. The molecule has 0 aromatic heterocycles. The molecule has 0 heterocycles. The zero-order chi connectivity index (χ0) is 21.8. The van der Waals surface area contributed by atoms with Crippen molar-refractivity contribution in [2.45, 2.75) is 0 Å². The van der Waals surface area contributed by atoms with Gasteiger partial charge in [0.25, 0.3) is 0 Å². The van der Waals surface area contributed by atoms with Crippen LogP contribution in [0.5, 0.6) is 5.75 Å². The number of aromatic hydroxyl groups is 1. The first-order chi connectivity index (χ1) is 13.5. The van der Waals surface area contributed by atoms with Crippen LogP contribution in [-0.2, 0) is 0 Å². The quantitative estimate of drug-likeness (QED) is 0.298. The lowest BCUT2D eigenvalue weighted by Crippen LogP contribution is -2.06. The molecule has 3 aromatic carbocycles. The highest BCUT2D eigenvalue weighted by Crippen LogP contribution is 2.43. The van der Waals surface area contributed by atoms with Gasteiger partial charge in [0, 0.05) is 11.1 Å². The lowest BCUT2D eigenvalue weighted by molar-refractivity contribution is 0.379. The maximum absolute atomic E-state index is 14.0. The SMILES string of the molecule is Oc1c(-c2c(F)c(F)c(F)c(F)c2F)cccc1-c1c(F)c(F)c(F)c(F)c1F. The lowest BCUT2D eigenvalue weighted by atomic mass is 9.95. The van der Waals surface area contributed by atoms with E-state index >= 15 is 0 Å². The molecule has 0 aliphatic rings. The fourth-order valence-corrected chi connectivity index (χ4v) is 2.63. The highest BCUT2D eigenvalue weighted by Gasteiger charge is 2.31. The second kappa shape index (κ2) is 6.98. The Bertz CT molecular complexity index is 1030. The third kappa shape index (κ3) is 2.88. The lowest BCUT2D eigenvalue weighted by Gasteiger charge is -2.14. The van der Waals surface area contributed by atoms with Crippen molar-refractivity contribution in [1.82, 2.24) is 0 Å². The number of hydrogen-bond donors (Lipinski definition) is 1. The first-order valence-corrected chi connectivity index (χ1v) is 7.36. The van der Waals surface area contributed by atoms with Gasteiger partial charge in [0.1, 0.15) is 5.75 Å². The van der Waals surface area contributed by atoms with Crippen molar-refractivity contribution >= 4 is 0 Å². The maximum Gasteiger partial charge on any atom is 0.200 e. The highest BCUT2D eigenvalue weighted by molar-refractivity contribution is 5.83. The zero-order valence-corrected chi connectivity index (χ0v) is 13.5. The monoisotopic (exact) mass is 426 g/mol. The smallest absolute Gasteiger partial charge is 0.200 e. The van der Waals surface area contributed by atoms with Crippen LogP contribution in [0, 0.1) is 58.2 Å². The van der Waals surface area contributed by atoms with Gasteiger partial charge in [-0.3, -0.25) is 0 Å². The predicted molar refractivity (Wildman–Crippen MR) is 78.6 cm³/mol. The number of phenols is 1. The Morgan fingerprint density at radius 1 is 0.414 bits per heavy atom. The minimum absolute atomic E-state index is 0.614. The number of rotatable bonds is 2. The van der Waals surface area contributed by atoms with Gasteiger partial charge in [-0.1, -0.05) is 18.2 Å². The van der Waals surface area contributed by atoms with Gasteiger partial charge in [-0.15, -0.1) is 0 Å². The van der Waals surface area contributed by atoms with Crippen LogP contribution in [0.15, 0.2) is 18.2 Å². The van der Waals surface area contributed by atoms with Gasteiger partial charge in [-0.2, -0.15) is 0 Å². The summed E-state index contributed by atoms with van der Waals surface area (Å²) in [5.74, 6) is -25.5. The fraction of sp³-hybridized carbons (Fsp3) is 0. The summed E-state index contributed by atoms with van der Waals surface area (Å²) < 4.78 is 136. The average molecular weight is 426 g/mol. The second-order valence-electron chi connectivity index (χ2n) is 5.59. The van der Waals surface area contributed by atoms with E-state index in [-0.39, 0.29) is 0 Å². The van der Waals surface area contributed by atoms with E-state index in [1.807, 2.05) is 0 Å². The van der Waals surface area contributed by atoms with Crippen LogP contribution in [0.4, 0.5) is 43.9 Å². The minimum Gasteiger partial charge on any atom is -0.507 e. The van der Waals surface area contributed by atoms with E-state index in [1.54, 1.807) is 0 Å². The third-order valence-electron chi connectivity index (χ3n) is 3.99.